The van der Waals surface area contributed by atoms with E-state index in [0.29, 0.717) is 0 Å². The van der Waals surface area contributed by atoms with E-state index >= 15 is 0 Å². The van der Waals surface area contributed by atoms with E-state index in [1.54, 1.807) is 12.1 Å². The van der Waals surface area contributed by atoms with Crippen molar-refractivity contribution in [1.82, 2.24) is 9.78 Å². The summed E-state index contributed by atoms with van der Waals surface area (Å²) >= 11 is 0. The van der Waals surface area contributed by atoms with Gasteiger partial charge in [0.15, 0.2) is 5.69 Å². The molecule has 6 nitrogen and oxygen atoms in total. The summed E-state index contributed by atoms with van der Waals surface area (Å²) in [5, 5.41) is 24.1. The number of hydrogen-bond donors (Lipinski definition) is 2. The Bertz CT molecular complexity index is 561. The van der Waals surface area contributed by atoms with Crippen molar-refractivity contribution in [3.05, 3.63) is 47.8 Å². The third-order valence-corrected chi connectivity index (χ3v) is 2.16. The fraction of sp³-hybridized carbons (Fsp3) is 0. The summed E-state index contributed by atoms with van der Waals surface area (Å²) in [6, 6.07) is 9.06. The molecule has 0 aliphatic heterocycles. The minimum absolute atomic E-state index is 0.161. The van der Waals surface area contributed by atoms with Crippen molar-refractivity contribution in [3.63, 3.8) is 0 Å². The maximum Gasteiger partial charge on any atom is 0.357 e. The molecule has 0 aliphatic carbocycles. The first-order valence-electron chi connectivity index (χ1n) is 4.78. The summed E-state index contributed by atoms with van der Waals surface area (Å²) in [7, 11) is 0. The quantitative estimate of drug-likeness (QED) is 0.474. The van der Waals surface area contributed by atoms with Crippen molar-refractivity contribution in [3.8, 4) is 5.69 Å². The molecule has 2 aromatic rings. The van der Waals surface area contributed by atoms with Crippen LogP contribution in [0.2, 0.25) is 0 Å². The number of oxime groups is 1. The Morgan fingerprint density at radius 1 is 1.35 bits per heavy atom. The first-order chi connectivity index (χ1) is 8.22. The molecule has 0 radical (unpaired) electrons. The summed E-state index contributed by atoms with van der Waals surface area (Å²) in [6.45, 7) is 0. The molecule has 0 saturated carbocycles. The molecule has 1 aromatic carbocycles. The van der Waals surface area contributed by atoms with E-state index < -0.39 is 5.97 Å². The molecule has 6 heteroatoms. The van der Waals surface area contributed by atoms with Gasteiger partial charge >= 0.3 is 5.97 Å². The normalized spacial score (nSPS) is 10.8. The highest BCUT2D eigenvalue weighted by Crippen LogP contribution is 2.11. The van der Waals surface area contributed by atoms with Crippen molar-refractivity contribution in [1.29, 1.82) is 0 Å². The SMILES string of the molecule is O=C(O)c1nn(-c2ccccc2)cc1/C=N\O. The second kappa shape index (κ2) is 4.48. The van der Waals surface area contributed by atoms with Gasteiger partial charge in [-0.2, -0.15) is 5.10 Å². The monoisotopic (exact) mass is 231 g/mol. The number of carboxylic acids is 1. The van der Waals surface area contributed by atoms with Crippen molar-refractivity contribution in [2.45, 2.75) is 0 Å². The van der Waals surface area contributed by atoms with Crippen LogP contribution in [0.3, 0.4) is 0 Å². The molecule has 0 unspecified atom stereocenters. The number of benzene rings is 1. The third kappa shape index (κ3) is 2.15. The fourth-order valence-electron chi connectivity index (χ4n) is 1.42. The lowest BCUT2D eigenvalue weighted by Crippen LogP contribution is -2.02. The number of hydrogen-bond acceptors (Lipinski definition) is 4. The summed E-state index contributed by atoms with van der Waals surface area (Å²) in [5.41, 5.74) is 0.808. The molecule has 0 amide bonds. The highest BCUT2D eigenvalue weighted by Gasteiger charge is 2.15. The Labute approximate surface area is 96.4 Å². The van der Waals surface area contributed by atoms with Gasteiger partial charge < -0.3 is 10.3 Å². The van der Waals surface area contributed by atoms with E-state index in [1.165, 1.54) is 10.9 Å². The van der Waals surface area contributed by atoms with Gasteiger partial charge in [-0.25, -0.2) is 9.48 Å². The van der Waals surface area contributed by atoms with Crippen LogP contribution in [-0.2, 0) is 0 Å². The molecular formula is C11H9N3O3. The summed E-state index contributed by atoms with van der Waals surface area (Å²) in [6.07, 6.45) is 2.52. The molecular weight excluding hydrogens is 222 g/mol. The van der Waals surface area contributed by atoms with Gasteiger partial charge in [0.2, 0.25) is 0 Å². The molecule has 1 heterocycles. The highest BCUT2D eigenvalue weighted by atomic mass is 16.4. The van der Waals surface area contributed by atoms with E-state index in [-0.39, 0.29) is 11.3 Å². The van der Waals surface area contributed by atoms with E-state index in [0.717, 1.165) is 11.9 Å². The van der Waals surface area contributed by atoms with Gasteiger partial charge in [0.05, 0.1) is 11.9 Å². The topological polar surface area (TPSA) is 87.7 Å². The number of para-hydroxylation sites is 1. The second-order valence-corrected chi connectivity index (χ2v) is 3.26. The van der Waals surface area contributed by atoms with Gasteiger partial charge in [0, 0.05) is 11.8 Å². The van der Waals surface area contributed by atoms with Crippen LogP contribution in [0.1, 0.15) is 16.1 Å². The zero-order chi connectivity index (χ0) is 12.3. The molecule has 1 aromatic heterocycles. The fourth-order valence-corrected chi connectivity index (χ4v) is 1.42. The van der Waals surface area contributed by atoms with Crippen LogP contribution in [0.15, 0.2) is 41.7 Å². The van der Waals surface area contributed by atoms with Crippen molar-refractivity contribution < 1.29 is 15.1 Å². The molecule has 0 saturated heterocycles. The minimum Gasteiger partial charge on any atom is -0.476 e. The van der Waals surface area contributed by atoms with Gasteiger partial charge in [-0.3, -0.25) is 0 Å². The molecule has 2 rings (SSSR count). The van der Waals surface area contributed by atoms with Crippen LogP contribution in [0.4, 0.5) is 0 Å². The second-order valence-electron chi connectivity index (χ2n) is 3.26. The summed E-state index contributed by atoms with van der Waals surface area (Å²) < 4.78 is 1.42. The maximum absolute atomic E-state index is 10.9. The van der Waals surface area contributed by atoms with Crippen LogP contribution in [0.25, 0.3) is 5.69 Å². The molecule has 2 N–H and O–H groups in total. The molecule has 86 valence electrons. The predicted molar refractivity (Wildman–Crippen MR) is 59.9 cm³/mol. The number of aromatic carboxylic acids is 1. The van der Waals surface area contributed by atoms with Gasteiger partial charge in [-0.1, -0.05) is 23.4 Å². The molecule has 0 aliphatic rings. The number of carboxylic acid groups (broad SMARTS) is 1. The van der Waals surface area contributed by atoms with Crippen LogP contribution >= 0.6 is 0 Å². The zero-order valence-electron chi connectivity index (χ0n) is 8.69. The number of rotatable bonds is 3. The van der Waals surface area contributed by atoms with Crippen LogP contribution in [0, 0.1) is 0 Å². The molecule has 0 spiro atoms. The van der Waals surface area contributed by atoms with Crippen molar-refractivity contribution in [2.24, 2.45) is 5.16 Å². The maximum atomic E-state index is 10.9. The average molecular weight is 231 g/mol. The van der Waals surface area contributed by atoms with Crippen molar-refractivity contribution in [2.75, 3.05) is 0 Å². The van der Waals surface area contributed by atoms with Crippen LogP contribution < -0.4 is 0 Å². The van der Waals surface area contributed by atoms with E-state index in [4.69, 9.17) is 10.3 Å². The van der Waals surface area contributed by atoms with E-state index in [9.17, 15) is 4.79 Å². The Balaban J connectivity index is 2.51. The minimum atomic E-state index is -1.17. The molecule has 17 heavy (non-hydrogen) atoms. The lowest BCUT2D eigenvalue weighted by atomic mass is 10.3. The molecule has 0 fully saturated rings. The standard InChI is InChI=1S/C11H9N3O3/c15-11(16)10-8(6-12-17)7-14(13-10)9-4-2-1-3-5-9/h1-7,17H,(H,15,16)/b12-6-. The van der Waals surface area contributed by atoms with Crippen molar-refractivity contribution >= 4 is 12.2 Å². The summed E-state index contributed by atoms with van der Waals surface area (Å²) in [5.74, 6) is -1.17. The van der Waals surface area contributed by atoms with E-state index in [2.05, 4.69) is 10.3 Å². The Kier molecular flexibility index (Phi) is 2.87. The van der Waals surface area contributed by atoms with Crippen LogP contribution in [-0.4, -0.2) is 32.3 Å². The number of carbonyl (C=O) groups is 1. The number of nitrogens with zero attached hydrogens (tertiary/aromatic N) is 3. The third-order valence-electron chi connectivity index (χ3n) is 2.16. The smallest absolute Gasteiger partial charge is 0.357 e. The van der Waals surface area contributed by atoms with Crippen LogP contribution in [0.5, 0.6) is 0 Å². The zero-order valence-corrected chi connectivity index (χ0v) is 8.69. The molecule has 0 atom stereocenters. The lowest BCUT2D eigenvalue weighted by molar-refractivity contribution is 0.0690. The molecule has 0 bridgehead atoms. The first-order valence-corrected chi connectivity index (χ1v) is 4.78. The Morgan fingerprint density at radius 3 is 2.65 bits per heavy atom. The number of aromatic nitrogens is 2. The Hall–Kier alpha value is -2.63. The predicted octanol–water partition coefficient (Wildman–Crippen LogP) is 1.38. The average Bonchev–Trinajstić information content (AvgIpc) is 2.75. The van der Waals surface area contributed by atoms with E-state index in [1.807, 2.05) is 18.2 Å². The van der Waals surface area contributed by atoms with Gasteiger partial charge in [0.1, 0.15) is 0 Å². The Morgan fingerprint density at radius 2 is 2.06 bits per heavy atom. The highest BCUT2D eigenvalue weighted by molar-refractivity contribution is 5.96. The first kappa shape index (κ1) is 10.9. The van der Waals surface area contributed by atoms with Gasteiger partial charge in [0.25, 0.3) is 0 Å². The summed E-state index contributed by atoms with van der Waals surface area (Å²) in [4.78, 5) is 10.9. The van der Waals surface area contributed by atoms with Gasteiger partial charge in [-0.05, 0) is 12.1 Å². The van der Waals surface area contributed by atoms with Gasteiger partial charge in [-0.15, -0.1) is 0 Å². The lowest BCUT2D eigenvalue weighted by Gasteiger charge is -1.98. The largest absolute Gasteiger partial charge is 0.476 e.